The number of hydrogen-bond donors (Lipinski definition) is 3. The van der Waals surface area contributed by atoms with Crippen LogP contribution in [0.2, 0.25) is 0 Å². The largest absolute Gasteiger partial charge is 0.390 e. The van der Waals surface area contributed by atoms with E-state index in [2.05, 4.69) is 5.32 Å². The molecule has 1 amide bonds. The Morgan fingerprint density at radius 1 is 1.53 bits per heavy atom. The molecule has 0 fully saturated rings. The van der Waals surface area contributed by atoms with Crippen LogP contribution >= 0.6 is 0 Å². The highest BCUT2D eigenvalue weighted by Gasteiger charge is 2.33. The topological polar surface area (TPSA) is 75.4 Å². The highest BCUT2D eigenvalue weighted by atomic mass is 19.3. The Morgan fingerprint density at radius 3 is 2.40 bits per heavy atom. The maximum absolute atomic E-state index is 12.6. The number of carbonyl (C=O) groups excluding carboxylic acids is 1. The molecule has 90 valence electrons. The molecule has 1 unspecified atom stereocenters. The van der Waals surface area contributed by atoms with Crippen LogP contribution in [0.25, 0.3) is 0 Å². The Labute approximate surface area is 87.8 Å². The Kier molecular flexibility index (Phi) is 5.10. The number of nitrogens with one attached hydrogen (secondary N) is 1. The number of halogens is 2. The van der Waals surface area contributed by atoms with Gasteiger partial charge in [0.1, 0.15) is 6.61 Å². The van der Waals surface area contributed by atoms with Gasteiger partial charge < -0.3 is 16.2 Å². The SMILES string of the molecule is CCC(C)(CN)C(=O)NCC(F)(F)CO. The number of hydrogen-bond acceptors (Lipinski definition) is 3. The third-order valence-corrected chi connectivity index (χ3v) is 2.52. The van der Waals surface area contributed by atoms with Crippen LogP contribution in [0.5, 0.6) is 0 Å². The van der Waals surface area contributed by atoms with E-state index in [0.717, 1.165) is 0 Å². The minimum Gasteiger partial charge on any atom is -0.390 e. The summed E-state index contributed by atoms with van der Waals surface area (Å²) >= 11 is 0. The lowest BCUT2D eigenvalue weighted by Gasteiger charge is -2.26. The summed E-state index contributed by atoms with van der Waals surface area (Å²) in [7, 11) is 0. The second-order valence-corrected chi connectivity index (χ2v) is 3.82. The molecule has 4 nitrogen and oxygen atoms in total. The van der Waals surface area contributed by atoms with Crippen LogP contribution in [-0.4, -0.2) is 36.6 Å². The molecule has 0 rings (SSSR count). The first-order valence-corrected chi connectivity index (χ1v) is 4.78. The molecule has 0 saturated carbocycles. The Bertz CT molecular complexity index is 218. The molecule has 0 aliphatic rings. The lowest BCUT2D eigenvalue weighted by atomic mass is 9.86. The van der Waals surface area contributed by atoms with Gasteiger partial charge in [-0.3, -0.25) is 4.79 Å². The van der Waals surface area contributed by atoms with E-state index in [-0.39, 0.29) is 6.54 Å². The van der Waals surface area contributed by atoms with Gasteiger partial charge in [-0.15, -0.1) is 0 Å². The second kappa shape index (κ2) is 5.37. The van der Waals surface area contributed by atoms with Gasteiger partial charge in [-0.25, -0.2) is 8.78 Å². The van der Waals surface area contributed by atoms with E-state index >= 15 is 0 Å². The van der Waals surface area contributed by atoms with E-state index < -0.39 is 30.4 Å². The van der Waals surface area contributed by atoms with Crippen LogP contribution in [0.3, 0.4) is 0 Å². The normalized spacial score (nSPS) is 15.9. The first kappa shape index (κ1) is 14.2. The van der Waals surface area contributed by atoms with Crippen molar-refractivity contribution in [3.8, 4) is 0 Å². The van der Waals surface area contributed by atoms with Crippen LogP contribution in [-0.2, 0) is 4.79 Å². The van der Waals surface area contributed by atoms with Gasteiger partial charge in [-0.1, -0.05) is 6.92 Å². The summed E-state index contributed by atoms with van der Waals surface area (Å²) < 4.78 is 25.2. The number of rotatable bonds is 6. The monoisotopic (exact) mass is 224 g/mol. The lowest BCUT2D eigenvalue weighted by Crippen LogP contribution is -2.48. The summed E-state index contributed by atoms with van der Waals surface area (Å²) in [5.41, 5.74) is 4.56. The van der Waals surface area contributed by atoms with Crippen LogP contribution < -0.4 is 11.1 Å². The molecule has 0 aromatic heterocycles. The van der Waals surface area contributed by atoms with Gasteiger partial charge in [-0.2, -0.15) is 0 Å². The lowest BCUT2D eigenvalue weighted by molar-refractivity contribution is -0.132. The molecule has 4 N–H and O–H groups in total. The zero-order chi connectivity index (χ0) is 12.1. The van der Waals surface area contributed by atoms with Crippen LogP contribution in [0.1, 0.15) is 20.3 Å². The molecule has 0 radical (unpaired) electrons. The standard InChI is InChI=1S/C9H18F2N2O2/c1-3-8(2,4-12)7(15)13-5-9(10,11)6-14/h14H,3-6,12H2,1-2H3,(H,13,15). The van der Waals surface area contributed by atoms with Gasteiger partial charge in [0.15, 0.2) is 0 Å². The quantitative estimate of drug-likeness (QED) is 0.599. The molecule has 1 atom stereocenters. The fraction of sp³-hybridized carbons (Fsp3) is 0.889. The summed E-state index contributed by atoms with van der Waals surface area (Å²) in [6.07, 6.45) is 0.472. The number of alkyl halides is 2. The average Bonchev–Trinajstić information content (AvgIpc) is 2.24. The molecule has 0 heterocycles. The third kappa shape index (κ3) is 4.09. The minimum atomic E-state index is -3.28. The van der Waals surface area contributed by atoms with E-state index in [1.165, 1.54) is 0 Å². The maximum Gasteiger partial charge on any atom is 0.287 e. The number of aliphatic hydroxyl groups is 1. The summed E-state index contributed by atoms with van der Waals surface area (Å²) in [6, 6.07) is 0. The minimum absolute atomic E-state index is 0.0973. The van der Waals surface area contributed by atoms with E-state index in [1.54, 1.807) is 13.8 Å². The molecule has 0 aromatic carbocycles. The zero-order valence-electron chi connectivity index (χ0n) is 9.02. The highest BCUT2D eigenvalue weighted by molar-refractivity contribution is 5.82. The Hall–Kier alpha value is -0.750. The maximum atomic E-state index is 12.6. The third-order valence-electron chi connectivity index (χ3n) is 2.52. The van der Waals surface area contributed by atoms with Crippen molar-refractivity contribution in [1.29, 1.82) is 0 Å². The summed E-state index contributed by atoms with van der Waals surface area (Å²) in [4.78, 5) is 11.5. The summed E-state index contributed by atoms with van der Waals surface area (Å²) in [6.45, 7) is 1.33. The predicted molar refractivity (Wildman–Crippen MR) is 52.5 cm³/mol. The number of carbonyl (C=O) groups is 1. The van der Waals surface area contributed by atoms with Crippen LogP contribution in [0.15, 0.2) is 0 Å². The second-order valence-electron chi connectivity index (χ2n) is 3.82. The van der Waals surface area contributed by atoms with Gasteiger partial charge in [0.25, 0.3) is 5.92 Å². The van der Waals surface area contributed by atoms with Gasteiger partial charge in [0.05, 0.1) is 12.0 Å². The smallest absolute Gasteiger partial charge is 0.287 e. The van der Waals surface area contributed by atoms with E-state index in [1.807, 2.05) is 0 Å². The summed E-state index contributed by atoms with van der Waals surface area (Å²) in [5, 5.41) is 10.4. The summed E-state index contributed by atoms with van der Waals surface area (Å²) in [5.74, 6) is -3.79. The zero-order valence-corrected chi connectivity index (χ0v) is 9.02. The molecule has 0 saturated heterocycles. The Morgan fingerprint density at radius 2 is 2.07 bits per heavy atom. The fourth-order valence-corrected chi connectivity index (χ4v) is 0.876. The molecule has 0 aliphatic heterocycles. The van der Waals surface area contributed by atoms with E-state index in [0.29, 0.717) is 6.42 Å². The first-order valence-electron chi connectivity index (χ1n) is 4.78. The predicted octanol–water partition coefficient (Wildman–Crippen LogP) is 0.105. The van der Waals surface area contributed by atoms with E-state index in [9.17, 15) is 13.6 Å². The van der Waals surface area contributed by atoms with Crippen LogP contribution in [0, 0.1) is 5.41 Å². The number of nitrogens with two attached hydrogens (primary N) is 1. The van der Waals surface area contributed by atoms with Crippen molar-refractivity contribution in [1.82, 2.24) is 5.32 Å². The van der Waals surface area contributed by atoms with Crippen molar-refractivity contribution in [2.75, 3.05) is 19.7 Å². The fourth-order valence-electron chi connectivity index (χ4n) is 0.876. The van der Waals surface area contributed by atoms with Gasteiger partial charge in [0, 0.05) is 6.54 Å². The number of amides is 1. The molecule has 0 aliphatic carbocycles. The van der Waals surface area contributed by atoms with Gasteiger partial charge >= 0.3 is 0 Å². The Balaban J connectivity index is 4.26. The highest BCUT2D eigenvalue weighted by Crippen LogP contribution is 2.19. The van der Waals surface area contributed by atoms with Crippen molar-refractivity contribution in [3.05, 3.63) is 0 Å². The molecule has 0 spiro atoms. The molecule has 0 bridgehead atoms. The average molecular weight is 224 g/mol. The molecule has 15 heavy (non-hydrogen) atoms. The van der Waals surface area contributed by atoms with Crippen molar-refractivity contribution >= 4 is 5.91 Å². The molecular formula is C9H18F2N2O2. The van der Waals surface area contributed by atoms with Crippen molar-refractivity contribution in [2.45, 2.75) is 26.2 Å². The van der Waals surface area contributed by atoms with Gasteiger partial charge in [0.2, 0.25) is 5.91 Å². The van der Waals surface area contributed by atoms with Gasteiger partial charge in [-0.05, 0) is 13.3 Å². The van der Waals surface area contributed by atoms with E-state index in [4.69, 9.17) is 10.8 Å². The van der Waals surface area contributed by atoms with Crippen molar-refractivity contribution in [3.63, 3.8) is 0 Å². The molecule has 6 heteroatoms. The van der Waals surface area contributed by atoms with Crippen molar-refractivity contribution < 1.29 is 18.7 Å². The van der Waals surface area contributed by atoms with Crippen molar-refractivity contribution in [2.24, 2.45) is 11.1 Å². The van der Waals surface area contributed by atoms with Crippen LogP contribution in [0.4, 0.5) is 8.78 Å². The molecular weight excluding hydrogens is 206 g/mol. The first-order chi connectivity index (χ1) is 6.81. The number of aliphatic hydroxyl groups excluding tert-OH is 1. The molecule has 0 aromatic rings.